The highest BCUT2D eigenvalue weighted by molar-refractivity contribution is 5.92. The van der Waals surface area contributed by atoms with Gasteiger partial charge in [-0.05, 0) is 69.0 Å². The lowest BCUT2D eigenvalue weighted by molar-refractivity contribution is -0.148. The Hall–Kier alpha value is -7.62. The van der Waals surface area contributed by atoms with Crippen LogP contribution in [0.2, 0.25) is 0 Å². The fraction of sp³-hybridized carbons (Fsp3) is 0.786. The predicted octanol–water partition coefficient (Wildman–Crippen LogP) is 2.56. The van der Waals surface area contributed by atoms with Crippen LogP contribution in [0.3, 0.4) is 0 Å². The summed E-state index contributed by atoms with van der Waals surface area (Å²) in [5, 5.41) is 21.5. The van der Waals surface area contributed by atoms with Crippen LogP contribution < -0.4 is 42.5 Å². The number of Topliss-reactive ketones (excluding diaryl/α,β-unsaturated/α-hetero) is 1. The number of hydrogen-bond donors (Lipinski definition) is 8. The van der Waals surface area contributed by atoms with Gasteiger partial charge in [0.1, 0.15) is 24.7 Å². The average Bonchev–Trinajstić information content (AvgIpc) is 1.61. The van der Waals surface area contributed by atoms with Crippen LogP contribution in [-0.2, 0) is 121 Å². The van der Waals surface area contributed by atoms with Gasteiger partial charge in [-0.3, -0.25) is 52.8 Å². The predicted molar refractivity (Wildman–Crippen MR) is 447 cm³/mol. The standard InChI is InChI=1S/C84H147N11O25/c1-18-60(6)75(94(14)81(105)73(58(2)3)92-80(104)74(59(4)5)93(12)13)68(109-16)54-72(100)95-34-22-26-67(95)76(110-17)61(7)77(101)91-66(52-63-24-20-19-21-25-63)79(103)86-30-23-35-119-82(106)62(8)90-71(99)28-32-88-83(107)120-56-64(53-65(96)55-89-69(97)27-31-85-70(98)29-36-118-57-84(9,10)11)78(102)87-33-37-111-40-41-113-44-45-115-48-49-117-51-50-116-47-46-114-43-42-112-39-38-108-15/h19-21,24-25,58-62,64,66-68,73-76H,18,22-23,26-57H2,1-17H3,(H,85,98)(H,86,103)(H,87,102)(H,88,107)(H,89,97)(H,90,99)(H,91,101)(H,92,104)/t60-,61+,62-,64-,66-,67-,68+,73-,74-,75-,76+/m0/s1. The summed E-state index contributed by atoms with van der Waals surface area (Å²) in [6.45, 7) is 26.1. The fourth-order valence-corrected chi connectivity index (χ4v) is 13.1. The van der Waals surface area contributed by atoms with Crippen LogP contribution in [0.25, 0.3) is 0 Å². The van der Waals surface area contributed by atoms with E-state index in [-0.39, 0.29) is 145 Å². The first kappa shape index (κ1) is 108. The zero-order valence-corrected chi connectivity index (χ0v) is 74.7. The van der Waals surface area contributed by atoms with Crippen molar-refractivity contribution < 1.29 is 119 Å². The molecule has 1 heterocycles. The summed E-state index contributed by atoms with van der Waals surface area (Å²) in [5.74, 6) is -7.71. The highest BCUT2D eigenvalue weighted by Crippen LogP contribution is 2.30. The summed E-state index contributed by atoms with van der Waals surface area (Å²) in [6.07, 6.45) is -1.30. The average molecular weight is 1710 g/mol. The van der Waals surface area contributed by atoms with Gasteiger partial charge in [0.25, 0.3) is 0 Å². The fourth-order valence-electron chi connectivity index (χ4n) is 13.1. The molecule has 0 spiro atoms. The second-order valence-corrected chi connectivity index (χ2v) is 31.8. The van der Waals surface area contributed by atoms with Crippen LogP contribution >= 0.6 is 0 Å². The number of benzene rings is 1. The van der Waals surface area contributed by atoms with Crippen LogP contribution in [0.15, 0.2) is 30.3 Å². The van der Waals surface area contributed by atoms with Gasteiger partial charge in [-0.1, -0.05) is 106 Å². The third-order valence-electron chi connectivity index (χ3n) is 19.7. The van der Waals surface area contributed by atoms with E-state index in [2.05, 4.69) is 42.5 Å². The summed E-state index contributed by atoms with van der Waals surface area (Å²) in [4.78, 5) is 167. The Bertz CT molecular complexity index is 3110. The molecular formula is C84H147N11O25. The summed E-state index contributed by atoms with van der Waals surface area (Å²) in [5.41, 5.74) is 0.703. The summed E-state index contributed by atoms with van der Waals surface area (Å²) in [7, 11) is 9.95. The van der Waals surface area contributed by atoms with Crippen LogP contribution in [0.4, 0.5) is 4.79 Å². The number of hydrogen-bond acceptors (Lipinski definition) is 26. The lowest BCUT2D eigenvalue weighted by Crippen LogP contribution is -2.59. The van der Waals surface area contributed by atoms with E-state index in [9.17, 15) is 57.5 Å². The number of esters is 1. The molecule has 1 aromatic carbocycles. The molecule has 36 heteroatoms. The quantitative estimate of drug-likeness (QED) is 0.0343. The molecule has 1 aliphatic heterocycles. The molecule has 0 bridgehead atoms. The van der Waals surface area contributed by atoms with Crippen LogP contribution in [0.5, 0.6) is 0 Å². The van der Waals surface area contributed by atoms with Gasteiger partial charge >= 0.3 is 12.1 Å². The van der Waals surface area contributed by atoms with Crippen LogP contribution in [0, 0.1) is 35.0 Å². The number of ether oxygens (including phenoxy) is 13. The van der Waals surface area contributed by atoms with E-state index in [4.69, 9.17) is 61.6 Å². The van der Waals surface area contributed by atoms with Crippen molar-refractivity contribution in [1.82, 2.24) is 57.2 Å². The normalized spacial score (nSPS) is 15.4. The van der Waals surface area contributed by atoms with E-state index in [1.54, 1.807) is 30.9 Å². The van der Waals surface area contributed by atoms with Crippen molar-refractivity contribution >= 4 is 71.0 Å². The van der Waals surface area contributed by atoms with E-state index in [0.29, 0.717) is 112 Å². The Morgan fingerprint density at radius 2 is 1.10 bits per heavy atom. The van der Waals surface area contributed by atoms with Gasteiger partial charge in [-0.2, -0.15) is 0 Å². The maximum Gasteiger partial charge on any atom is 0.407 e. The number of nitrogens with zero attached hydrogens (tertiary/aromatic N) is 3. The summed E-state index contributed by atoms with van der Waals surface area (Å²) >= 11 is 0. The molecule has 0 unspecified atom stereocenters. The number of alkyl carbamates (subject to hydrolysis) is 1. The Kier molecular flexibility index (Phi) is 57.2. The van der Waals surface area contributed by atoms with Crippen molar-refractivity contribution in [3.63, 3.8) is 0 Å². The lowest BCUT2D eigenvalue weighted by Gasteiger charge is -2.41. The molecule has 1 aromatic rings. The number of nitrogens with one attached hydrogen (secondary N) is 8. The highest BCUT2D eigenvalue weighted by Gasteiger charge is 2.44. The number of methoxy groups -OCH3 is 3. The lowest BCUT2D eigenvalue weighted by atomic mass is 9.89. The van der Waals surface area contributed by atoms with E-state index in [0.717, 1.165) is 5.56 Å². The summed E-state index contributed by atoms with van der Waals surface area (Å²) < 4.78 is 71.7. The van der Waals surface area contributed by atoms with E-state index < -0.39 is 127 Å². The molecule has 1 saturated heterocycles. The molecule has 2 rings (SSSR count). The third-order valence-corrected chi connectivity index (χ3v) is 19.7. The minimum atomic E-state index is -1.21. The Morgan fingerprint density at radius 1 is 0.542 bits per heavy atom. The van der Waals surface area contributed by atoms with Crippen molar-refractivity contribution in [2.24, 2.45) is 35.0 Å². The van der Waals surface area contributed by atoms with Gasteiger partial charge in [0, 0.05) is 93.2 Å². The van der Waals surface area contributed by atoms with E-state index in [1.807, 2.05) is 112 Å². The van der Waals surface area contributed by atoms with Gasteiger partial charge in [-0.15, -0.1) is 0 Å². The Labute approximate surface area is 711 Å². The van der Waals surface area contributed by atoms with Gasteiger partial charge in [-0.25, -0.2) is 9.59 Å². The molecule has 688 valence electrons. The zero-order chi connectivity index (χ0) is 89.4. The molecule has 1 fully saturated rings. The maximum atomic E-state index is 14.6. The molecule has 1 aliphatic rings. The van der Waals surface area contributed by atoms with Gasteiger partial charge in [0.2, 0.25) is 53.2 Å². The first-order valence-corrected chi connectivity index (χ1v) is 42.2. The van der Waals surface area contributed by atoms with Gasteiger partial charge < -0.3 is 114 Å². The topological polar surface area (TPSA) is 431 Å². The molecule has 8 N–H and O–H groups in total. The Balaban J connectivity index is 1.94. The smallest absolute Gasteiger partial charge is 0.407 e. The monoisotopic (exact) mass is 1710 g/mol. The first-order valence-electron chi connectivity index (χ1n) is 42.2. The highest BCUT2D eigenvalue weighted by atomic mass is 16.6. The minimum Gasteiger partial charge on any atom is -0.464 e. The number of rotatable bonds is 68. The van der Waals surface area contributed by atoms with Crippen molar-refractivity contribution in [2.45, 2.75) is 189 Å². The molecule has 0 saturated carbocycles. The number of likely N-dealkylation sites (tertiary alicyclic amines) is 1. The zero-order valence-electron chi connectivity index (χ0n) is 74.7. The van der Waals surface area contributed by atoms with Gasteiger partial charge in [0.15, 0.2) is 5.78 Å². The summed E-state index contributed by atoms with van der Waals surface area (Å²) in [6, 6.07) is 4.54. The van der Waals surface area contributed by atoms with E-state index in [1.165, 1.54) is 21.1 Å². The second kappa shape index (κ2) is 63.3. The maximum absolute atomic E-state index is 14.6. The van der Waals surface area contributed by atoms with Crippen molar-refractivity contribution in [2.75, 3.05) is 207 Å². The SMILES string of the molecule is CC[C@H](C)[C@@H]([C@@H](CC(=O)N1CCC[C@H]1[C@H](OC)[C@@H](C)C(=O)N[C@@H](Cc1ccccc1)C(=O)NCCCOC(=O)[C@H](C)NC(=O)CCNC(=O)OC[C@H](CC(=O)CNC(=O)CCNC(=O)CCOCC(C)(C)C)C(=O)NCCOCCOCCOCCOCCOCCOCCOCCOC)OC)N(C)C(=O)[C@@H](NC(=O)[C@H](C(C)C)N(C)C)C(C)C. The van der Waals surface area contributed by atoms with Gasteiger partial charge in [0.05, 0.1) is 174 Å². The molecular weight excluding hydrogens is 1560 g/mol. The van der Waals surface area contributed by atoms with Crippen molar-refractivity contribution in [3.05, 3.63) is 35.9 Å². The largest absolute Gasteiger partial charge is 0.464 e. The van der Waals surface area contributed by atoms with Crippen LogP contribution in [-0.4, -0.2) is 341 Å². The molecule has 0 aliphatic carbocycles. The second-order valence-electron chi connectivity index (χ2n) is 31.8. The number of ketones is 1. The van der Waals surface area contributed by atoms with Crippen LogP contribution in [0.1, 0.15) is 140 Å². The molecule has 0 aromatic heterocycles. The number of likely N-dealkylation sites (N-methyl/N-ethyl adjacent to an activating group) is 2. The molecule has 10 amide bonds. The van der Waals surface area contributed by atoms with Crippen molar-refractivity contribution in [1.29, 1.82) is 0 Å². The molecule has 36 nitrogen and oxygen atoms in total. The van der Waals surface area contributed by atoms with Crippen molar-refractivity contribution in [3.8, 4) is 0 Å². The molecule has 0 radical (unpaired) electrons. The number of carbonyl (C=O) groups excluding carboxylic acids is 12. The number of amides is 10. The Morgan fingerprint density at radius 3 is 1.64 bits per heavy atom. The molecule has 11 atom stereocenters. The van der Waals surface area contributed by atoms with E-state index >= 15 is 0 Å². The molecule has 120 heavy (non-hydrogen) atoms. The third kappa shape index (κ3) is 46.6. The first-order chi connectivity index (χ1) is 57.2. The minimum absolute atomic E-state index is 0.0135. The number of carbonyl (C=O) groups is 12.